The van der Waals surface area contributed by atoms with E-state index in [1.165, 1.54) is 18.4 Å². The zero-order valence-electron chi connectivity index (χ0n) is 15.1. The van der Waals surface area contributed by atoms with Crippen molar-refractivity contribution < 1.29 is 14.3 Å². The molecule has 1 unspecified atom stereocenters. The first-order valence-corrected chi connectivity index (χ1v) is 8.94. The van der Waals surface area contributed by atoms with Crippen molar-refractivity contribution in [2.45, 2.75) is 45.1 Å². The van der Waals surface area contributed by atoms with E-state index < -0.39 is 11.8 Å². The molecule has 2 N–H and O–H groups in total. The molecule has 1 aliphatic rings. The van der Waals surface area contributed by atoms with Gasteiger partial charge in [-0.2, -0.15) is 0 Å². The number of amides is 2. The zero-order valence-corrected chi connectivity index (χ0v) is 15.1. The van der Waals surface area contributed by atoms with Gasteiger partial charge in [0.1, 0.15) is 0 Å². The number of ether oxygens (including phenoxy) is 1. The van der Waals surface area contributed by atoms with Gasteiger partial charge in [0.15, 0.2) is 0 Å². The van der Waals surface area contributed by atoms with Crippen molar-refractivity contribution in [2.24, 2.45) is 0 Å². The van der Waals surface area contributed by atoms with Crippen LogP contribution < -0.4 is 10.6 Å². The smallest absolute Gasteiger partial charge is 0.309 e. The van der Waals surface area contributed by atoms with Crippen LogP contribution in [0.1, 0.15) is 49.3 Å². The summed E-state index contributed by atoms with van der Waals surface area (Å²) in [5.41, 5.74) is 3.48. The number of aryl methyl sites for hydroxylation is 1. The third kappa shape index (κ3) is 6.02. The Hall–Kier alpha value is -2.14. The number of nitrogens with one attached hydrogen (secondary N) is 2. The van der Waals surface area contributed by atoms with E-state index in [-0.39, 0.29) is 12.6 Å². The second kappa shape index (κ2) is 9.99. The second-order valence-electron chi connectivity index (χ2n) is 6.41. The minimum atomic E-state index is -0.617. The molecule has 2 amide bonds. The number of hydrogen-bond acceptors (Lipinski definition) is 3. The molecule has 0 fully saturated rings. The third-order valence-corrected chi connectivity index (χ3v) is 4.59. The average molecular weight is 344 g/mol. The number of carbonyl (C=O) groups excluding carboxylic acids is 2. The van der Waals surface area contributed by atoms with Crippen LogP contribution in [0.4, 0.5) is 0 Å². The Morgan fingerprint density at radius 3 is 2.60 bits per heavy atom. The number of methoxy groups -OCH3 is 1. The second-order valence-corrected chi connectivity index (χ2v) is 6.41. The maximum Gasteiger partial charge on any atom is 0.309 e. The van der Waals surface area contributed by atoms with Crippen LogP contribution in [-0.2, 0) is 14.3 Å². The van der Waals surface area contributed by atoms with Crippen molar-refractivity contribution in [3.63, 3.8) is 0 Å². The molecule has 0 aliphatic heterocycles. The van der Waals surface area contributed by atoms with Crippen LogP contribution in [-0.4, -0.2) is 32.0 Å². The number of hydrogen-bond donors (Lipinski definition) is 2. The van der Waals surface area contributed by atoms with Crippen molar-refractivity contribution in [3.8, 4) is 0 Å². The van der Waals surface area contributed by atoms with E-state index in [9.17, 15) is 9.59 Å². The summed E-state index contributed by atoms with van der Waals surface area (Å²) in [5.74, 6) is -1.20. The molecule has 0 saturated heterocycles. The minimum Gasteiger partial charge on any atom is -0.375 e. The molecular formula is C20H28N2O3. The molecule has 5 heteroatoms. The Bertz CT molecular complexity index is 625. The van der Waals surface area contributed by atoms with Crippen LogP contribution in [0, 0.1) is 6.92 Å². The Morgan fingerprint density at radius 1 is 1.16 bits per heavy atom. The van der Waals surface area contributed by atoms with Gasteiger partial charge < -0.3 is 15.4 Å². The molecule has 0 spiro atoms. The summed E-state index contributed by atoms with van der Waals surface area (Å²) >= 11 is 0. The molecule has 1 atom stereocenters. The van der Waals surface area contributed by atoms with Gasteiger partial charge in [-0.3, -0.25) is 9.59 Å². The topological polar surface area (TPSA) is 67.4 Å². The van der Waals surface area contributed by atoms with Crippen LogP contribution in [0.3, 0.4) is 0 Å². The first kappa shape index (κ1) is 19.2. The zero-order chi connectivity index (χ0) is 18.1. The van der Waals surface area contributed by atoms with Crippen LogP contribution >= 0.6 is 0 Å². The molecule has 0 heterocycles. The van der Waals surface area contributed by atoms with Gasteiger partial charge in [-0.25, -0.2) is 0 Å². The summed E-state index contributed by atoms with van der Waals surface area (Å²) in [6, 6.07) is 7.85. The number of rotatable bonds is 7. The summed E-state index contributed by atoms with van der Waals surface area (Å²) in [4.78, 5) is 23.9. The molecule has 5 nitrogen and oxygen atoms in total. The van der Waals surface area contributed by atoms with Crippen molar-refractivity contribution in [3.05, 3.63) is 47.0 Å². The van der Waals surface area contributed by atoms with E-state index in [2.05, 4.69) is 16.7 Å². The van der Waals surface area contributed by atoms with Crippen LogP contribution in [0.5, 0.6) is 0 Å². The molecule has 0 aromatic heterocycles. The number of benzene rings is 1. The standard InChI is InChI=1S/C20H28N2O3/c1-15-8-6-7-11-17(15)18(25-2)14-22-20(24)19(23)21-13-12-16-9-4-3-5-10-16/h6-9,11,18H,3-5,10,12-14H2,1-2H3,(H,21,23)(H,22,24). The summed E-state index contributed by atoms with van der Waals surface area (Å²) in [7, 11) is 1.60. The van der Waals surface area contributed by atoms with Crippen molar-refractivity contribution >= 4 is 11.8 Å². The Balaban J connectivity index is 1.75. The first-order valence-electron chi connectivity index (χ1n) is 8.94. The molecule has 136 valence electrons. The van der Waals surface area contributed by atoms with E-state index in [1.54, 1.807) is 7.11 Å². The van der Waals surface area contributed by atoms with Gasteiger partial charge in [0, 0.05) is 20.2 Å². The number of carbonyl (C=O) groups is 2. The Kier molecular flexibility index (Phi) is 7.67. The van der Waals surface area contributed by atoms with Crippen molar-refractivity contribution in [2.75, 3.05) is 20.2 Å². The fraction of sp³-hybridized carbons (Fsp3) is 0.500. The van der Waals surface area contributed by atoms with Crippen molar-refractivity contribution in [1.29, 1.82) is 0 Å². The maximum atomic E-state index is 12.0. The quantitative estimate of drug-likeness (QED) is 0.590. The normalized spacial score (nSPS) is 15.2. The van der Waals surface area contributed by atoms with Gasteiger partial charge in [0.25, 0.3) is 0 Å². The fourth-order valence-electron chi connectivity index (χ4n) is 3.08. The van der Waals surface area contributed by atoms with Gasteiger partial charge in [-0.05, 0) is 50.2 Å². The highest BCUT2D eigenvalue weighted by Gasteiger charge is 2.17. The minimum absolute atomic E-state index is 0.263. The summed E-state index contributed by atoms with van der Waals surface area (Å²) < 4.78 is 5.45. The lowest BCUT2D eigenvalue weighted by atomic mass is 9.97. The lowest BCUT2D eigenvalue weighted by Crippen LogP contribution is -2.42. The summed E-state index contributed by atoms with van der Waals surface area (Å²) in [6.07, 6.45) is 7.50. The lowest BCUT2D eigenvalue weighted by Gasteiger charge is -2.18. The van der Waals surface area contributed by atoms with E-state index in [0.29, 0.717) is 6.54 Å². The summed E-state index contributed by atoms with van der Waals surface area (Å²) in [5, 5.41) is 5.35. The fourth-order valence-corrected chi connectivity index (χ4v) is 3.08. The number of allylic oxidation sites excluding steroid dienone is 1. The molecule has 1 aliphatic carbocycles. The molecule has 0 saturated carbocycles. The third-order valence-electron chi connectivity index (χ3n) is 4.59. The molecule has 0 bridgehead atoms. The lowest BCUT2D eigenvalue weighted by molar-refractivity contribution is -0.139. The molecule has 2 rings (SSSR count). The molecule has 0 radical (unpaired) electrons. The summed E-state index contributed by atoms with van der Waals surface area (Å²) in [6.45, 7) is 2.76. The Morgan fingerprint density at radius 2 is 1.92 bits per heavy atom. The van der Waals surface area contributed by atoms with Crippen molar-refractivity contribution in [1.82, 2.24) is 10.6 Å². The van der Waals surface area contributed by atoms with E-state index >= 15 is 0 Å². The van der Waals surface area contributed by atoms with Gasteiger partial charge in [-0.15, -0.1) is 0 Å². The highest BCUT2D eigenvalue weighted by Crippen LogP contribution is 2.20. The maximum absolute atomic E-state index is 12.0. The van der Waals surface area contributed by atoms with E-state index in [0.717, 1.165) is 30.4 Å². The monoisotopic (exact) mass is 344 g/mol. The SMILES string of the molecule is COC(CNC(=O)C(=O)NCCC1=CCCCC1)c1ccccc1C. The Labute approximate surface area is 149 Å². The highest BCUT2D eigenvalue weighted by atomic mass is 16.5. The van der Waals surface area contributed by atoms with E-state index in [1.807, 2.05) is 31.2 Å². The molecule has 25 heavy (non-hydrogen) atoms. The average Bonchev–Trinajstić information content (AvgIpc) is 2.64. The van der Waals surface area contributed by atoms with Crippen LogP contribution in [0.2, 0.25) is 0 Å². The highest BCUT2D eigenvalue weighted by molar-refractivity contribution is 6.35. The van der Waals surface area contributed by atoms with Crippen LogP contribution in [0.15, 0.2) is 35.9 Å². The van der Waals surface area contributed by atoms with Crippen LogP contribution in [0.25, 0.3) is 0 Å². The van der Waals surface area contributed by atoms with Gasteiger partial charge in [0.05, 0.1) is 6.10 Å². The molecule has 1 aromatic carbocycles. The molecule has 1 aromatic rings. The predicted octanol–water partition coefficient (Wildman–Crippen LogP) is 2.81. The largest absolute Gasteiger partial charge is 0.375 e. The van der Waals surface area contributed by atoms with Gasteiger partial charge >= 0.3 is 11.8 Å². The molecular weight excluding hydrogens is 316 g/mol. The predicted molar refractivity (Wildman–Crippen MR) is 98.1 cm³/mol. The van der Waals surface area contributed by atoms with Gasteiger partial charge in [0.2, 0.25) is 0 Å². The first-order chi connectivity index (χ1) is 12.1. The van der Waals surface area contributed by atoms with Gasteiger partial charge in [-0.1, -0.05) is 35.9 Å². The van der Waals surface area contributed by atoms with E-state index in [4.69, 9.17) is 4.74 Å².